The molecule has 4 aromatic carbocycles. The van der Waals surface area contributed by atoms with E-state index in [2.05, 4.69) is 123 Å². The first-order valence-electron chi connectivity index (χ1n) is 11.9. The van der Waals surface area contributed by atoms with Gasteiger partial charge in [-0.15, -0.1) is 11.3 Å². The van der Waals surface area contributed by atoms with Crippen LogP contribution >= 0.6 is 11.3 Å². The molecule has 0 aliphatic rings. The van der Waals surface area contributed by atoms with Crippen molar-refractivity contribution in [3.8, 4) is 33.1 Å². The molecule has 0 atom stereocenters. The molecule has 35 heavy (non-hydrogen) atoms. The number of benzene rings is 4. The molecular weight excluding hydrogens is 446 g/mol. The van der Waals surface area contributed by atoms with Gasteiger partial charge in [0.2, 0.25) is 0 Å². The normalized spacial score (nSPS) is 11.6. The molecule has 172 valence electrons. The van der Waals surface area contributed by atoms with Gasteiger partial charge in [0.25, 0.3) is 5.82 Å². The maximum atomic E-state index is 5.15. The first-order chi connectivity index (χ1) is 16.9. The fourth-order valence-electron chi connectivity index (χ4n) is 5.39. The van der Waals surface area contributed by atoms with Crippen LogP contribution in [0.4, 0.5) is 0 Å². The largest absolute Gasteiger partial charge is 0.291 e. The maximum Gasteiger partial charge on any atom is 0.291 e. The Kier molecular flexibility index (Phi) is 5.08. The van der Waals surface area contributed by atoms with Crippen LogP contribution in [-0.4, -0.2) is 9.55 Å². The molecule has 4 heteroatoms. The number of rotatable bonds is 3. The van der Waals surface area contributed by atoms with Crippen LogP contribution < -0.4 is 4.57 Å². The van der Waals surface area contributed by atoms with Gasteiger partial charge in [-0.2, -0.15) is 0 Å². The van der Waals surface area contributed by atoms with Gasteiger partial charge in [-0.25, -0.2) is 14.1 Å². The fourth-order valence-corrected chi connectivity index (χ4v) is 6.73. The summed E-state index contributed by atoms with van der Waals surface area (Å²) in [6.07, 6.45) is 0. The summed E-state index contributed by atoms with van der Waals surface area (Å²) in [5.41, 5.74) is 12.3. The van der Waals surface area contributed by atoms with Crippen molar-refractivity contribution in [2.24, 2.45) is 14.1 Å². The van der Waals surface area contributed by atoms with Crippen LogP contribution in [0.5, 0.6) is 0 Å². The molecule has 3 nitrogen and oxygen atoms in total. The Morgan fingerprint density at radius 2 is 1.43 bits per heavy atom. The van der Waals surface area contributed by atoms with Gasteiger partial charge >= 0.3 is 0 Å². The molecule has 0 saturated heterocycles. The third-order valence-electron chi connectivity index (χ3n) is 7.08. The lowest BCUT2D eigenvalue weighted by Crippen LogP contribution is -2.30. The third kappa shape index (κ3) is 3.40. The van der Waals surface area contributed by atoms with Gasteiger partial charge in [-0.3, -0.25) is 0 Å². The van der Waals surface area contributed by atoms with E-state index in [1.54, 1.807) is 11.3 Å². The van der Waals surface area contributed by atoms with Gasteiger partial charge in [0, 0.05) is 5.56 Å². The summed E-state index contributed by atoms with van der Waals surface area (Å²) in [5, 5.41) is 1.09. The highest BCUT2D eigenvalue weighted by Gasteiger charge is 2.26. The minimum Gasteiger partial charge on any atom is -0.236 e. The maximum absolute atomic E-state index is 5.15. The van der Waals surface area contributed by atoms with Crippen molar-refractivity contribution < 1.29 is 4.57 Å². The summed E-state index contributed by atoms with van der Waals surface area (Å²) in [5.74, 6) is 1.21. The number of aromatic nitrogens is 3. The molecule has 0 bridgehead atoms. The zero-order valence-electron chi connectivity index (χ0n) is 20.8. The van der Waals surface area contributed by atoms with Gasteiger partial charge in [0.1, 0.15) is 5.01 Å². The van der Waals surface area contributed by atoms with E-state index in [0.717, 1.165) is 10.5 Å². The lowest BCUT2D eigenvalue weighted by molar-refractivity contribution is -0.634. The van der Waals surface area contributed by atoms with E-state index < -0.39 is 0 Å². The standard InChI is InChI=1S/C31H28N3S/c1-19-15-16-24-29(28(19)31-33(4)25-13-9-10-14-26(25)34(31)5)35-30(32-24)27-20(2)17-23(18-21(27)3)22-11-7-6-8-12-22/h6-18H,1-5H3/q+1. The van der Waals surface area contributed by atoms with Gasteiger partial charge in [-0.1, -0.05) is 60.7 Å². The van der Waals surface area contributed by atoms with Crippen molar-refractivity contribution >= 4 is 32.6 Å². The lowest BCUT2D eigenvalue weighted by atomic mass is 9.96. The van der Waals surface area contributed by atoms with Crippen LogP contribution in [0.25, 0.3) is 54.3 Å². The van der Waals surface area contributed by atoms with Gasteiger partial charge in [-0.05, 0) is 66.8 Å². The quantitative estimate of drug-likeness (QED) is 0.243. The van der Waals surface area contributed by atoms with Crippen molar-refractivity contribution in [1.29, 1.82) is 0 Å². The Labute approximate surface area is 209 Å². The second kappa shape index (κ2) is 8.17. The van der Waals surface area contributed by atoms with E-state index in [9.17, 15) is 0 Å². The van der Waals surface area contributed by atoms with Crippen molar-refractivity contribution in [3.63, 3.8) is 0 Å². The van der Waals surface area contributed by atoms with E-state index in [0.29, 0.717) is 0 Å². The van der Waals surface area contributed by atoms with Gasteiger partial charge in [0.05, 0.1) is 29.9 Å². The Morgan fingerprint density at radius 3 is 2.14 bits per heavy atom. The lowest BCUT2D eigenvalue weighted by Gasteiger charge is -2.11. The first kappa shape index (κ1) is 21.8. The zero-order chi connectivity index (χ0) is 24.3. The molecule has 0 spiro atoms. The highest BCUT2D eigenvalue weighted by Crippen LogP contribution is 2.41. The van der Waals surface area contributed by atoms with E-state index in [4.69, 9.17) is 4.98 Å². The number of hydrogen-bond donors (Lipinski definition) is 0. The van der Waals surface area contributed by atoms with Crippen molar-refractivity contribution in [1.82, 2.24) is 9.55 Å². The molecule has 0 aliphatic carbocycles. The molecule has 2 heterocycles. The number of hydrogen-bond acceptors (Lipinski definition) is 2. The van der Waals surface area contributed by atoms with Crippen LogP contribution in [0.1, 0.15) is 16.7 Å². The minimum absolute atomic E-state index is 1.06. The highest BCUT2D eigenvalue weighted by molar-refractivity contribution is 7.22. The molecular formula is C31H28N3S+. The summed E-state index contributed by atoms with van der Waals surface area (Å²) in [7, 11) is 4.32. The Bertz CT molecular complexity index is 1680. The monoisotopic (exact) mass is 474 g/mol. The molecule has 0 amide bonds. The molecule has 0 aliphatic heterocycles. The first-order valence-corrected chi connectivity index (χ1v) is 12.8. The number of aryl methyl sites for hydroxylation is 5. The summed E-state index contributed by atoms with van der Waals surface area (Å²) in [4.78, 5) is 5.15. The summed E-state index contributed by atoms with van der Waals surface area (Å²) in [6.45, 7) is 6.62. The van der Waals surface area contributed by atoms with Crippen LogP contribution in [0, 0.1) is 20.8 Å². The molecule has 0 saturated carbocycles. The van der Waals surface area contributed by atoms with Crippen molar-refractivity contribution in [3.05, 3.63) is 95.6 Å². The average Bonchev–Trinajstić information content (AvgIpc) is 3.39. The zero-order valence-corrected chi connectivity index (χ0v) is 21.6. The SMILES string of the molecule is Cc1cc(-c2ccccc2)cc(C)c1-c1nc2ccc(C)c(-c3n(C)c4ccccc4[n+]3C)c2s1. The van der Waals surface area contributed by atoms with E-state index in [-0.39, 0.29) is 0 Å². The van der Waals surface area contributed by atoms with Gasteiger partial charge in [0.15, 0.2) is 11.0 Å². The van der Waals surface area contributed by atoms with Gasteiger partial charge < -0.3 is 0 Å². The van der Waals surface area contributed by atoms with E-state index in [1.165, 1.54) is 60.5 Å². The Morgan fingerprint density at radius 1 is 0.743 bits per heavy atom. The smallest absolute Gasteiger partial charge is 0.236 e. The third-order valence-corrected chi connectivity index (χ3v) is 8.19. The predicted octanol–water partition coefficient (Wildman–Crippen LogP) is 7.54. The summed E-state index contributed by atoms with van der Waals surface area (Å²) in [6, 6.07) is 28.1. The average molecular weight is 475 g/mol. The van der Waals surface area contributed by atoms with Crippen molar-refractivity contribution in [2.45, 2.75) is 20.8 Å². The van der Waals surface area contributed by atoms with Crippen LogP contribution in [0.15, 0.2) is 78.9 Å². The van der Waals surface area contributed by atoms with E-state index in [1.807, 2.05) is 0 Å². The molecule has 0 unspecified atom stereocenters. The number of nitrogens with zero attached hydrogens (tertiary/aromatic N) is 3. The number of imidazole rings is 1. The molecule has 0 fully saturated rings. The summed E-state index contributed by atoms with van der Waals surface area (Å²) < 4.78 is 5.86. The van der Waals surface area contributed by atoms with Crippen LogP contribution in [-0.2, 0) is 14.1 Å². The molecule has 0 N–H and O–H groups in total. The predicted molar refractivity (Wildman–Crippen MR) is 148 cm³/mol. The van der Waals surface area contributed by atoms with Crippen LogP contribution in [0.3, 0.4) is 0 Å². The Hall–Kier alpha value is -3.76. The molecule has 6 aromatic rings. The summed E-state index contributed by atoms with van der Waals surface area (Å²) >= 11 is 1.81. The fraction of sp³-hybridized carbons (Fsp3) is 0.161. The molecule has 2 aromatic heterocycles. The van der Waals surface area contributed by atoms with E-state index >= 15 is 0 Å². The van der Waals surface area contributed by atoms with Crippen molar-refractivity contribution in [2.75, 3.05) is 0 Å². The second-order valence-electron chi connectivity index (χ2n) is 9.41. The van der Waals surface area contributed by atoms with Crippen LogP contribution in [0.2, 0.25) is 0 Å². The minimum atomic E-state index is 1.06. The topological polar surface area (TPSA) is 21.7 Å². The number of para-hydroxylation sites is 2. The highest BCUT2D eigenvalue weighted by atomic mass is 32.1. The molecule has 6 rings (SSSR count). The number of fused-ring (bicyclic) bond motifs is 2. The Balaban J connectivity index is 1.56. The second-order valence-corrected chi connectivity index (χ2v) is 10.4. The number of thiazole rings is 1. The molecule has 0 radical (unpaired) electrons.